The Hall–Kier alpha value is -4.06. The number of carbonyl (C=O) groups excluding carboxylic acids is 1. The molecule has 6 rings (SSSR count). The fraction of sp³-hybridized carbons (Fsp3) is 0.214. The van der Waals surface area contributed by atoms with Crippen molar-refractivity contribution in [2.45, 2.75) is 24.7 Å². The number of hydrogen-bond donors (Lipinski definition) is 1. The third-order valence-electron chi connectivity index (χ3n) is 6.90. The summed E-state index contributed by atoms with van der Waals surface area (Å²) in [4.78, 5) is 13.3. The minimum absolute atomic E-state index is 0.0462. The van der Waals surface area contributed by atoms with Crippen molar-refractivity contribution in [3.63, 3.8) is 0 Å². The van der Waals surface area contributed by atoms with Gasteiger partial charge in [0.25, 0.3) is 0 Å². The minimum Gasteiger partial charge on any atom is -0.493 e. The maximum Gasteiger partial charge on any atom is 0.236 e. The summed E-state index contributed by atoms with van der Waals surface area (Å²) in [6.45, 7) is 0. The highest BCUT2D eigenvalue weighted by Crippen LogP contribution is 2.49. The second-order valence-electron chi connectivity index (χ2n) is 8.89. The molecule has 0 atom stereocenters. The molecule has 0 saturated heterocycles. The predicted molar refractivity (Wildman–Crippen MR) is 129 cm³/mol. The van der Waals surface area contributed by atoms with E-state index in [0.29, 0.717) is 23.0 Å². The number of benzene rings is 3. The van der Waals surface area contributed by atoms with Crippen LogP contribution in [0.2, 0.25) is 0 Å². The largest absolute Gasteiger partial charge is 0.493 e. The lowest BCUT2D eigenvalue weighted by Crippen LogP contribution is -2.28. The fourth-order valence-corrected chi connectivity index (χ4v) is 4.82. The maximum absolute atomic E-state index is 13.3. The number of carbonyl (C=O) groups is 1. The first-order valence-corrected chi connectivity index (χ1v) is 11.3. The van der Waals surface area contributed by atoms with Crippen molar-refractivity contribution >= 4 is 11.6 Å². The molecule has 0 aliphatic heterocycles. The standard InChI is InChI=1S/C28H24N2O4/c1-32-23-10-7-18(15-25(23)33-2)24-16-26(30-34-24)28(11-12-28)27(31)29-20-8-9-22-19(14-20)13-17-5-3-4-6-21(17)22/h3-10,14-16H,11-13H2,1-2H3,(H,29,31). The molecular formula is C28H24N2O4. The molecule has 1 amide bonds. The van der Waals surface area contributed by atoms with Crippen molar-refractivity contribution in [1.29, 1.82) is 0 Å². The van der Waals surface area contributed by atoms with Crippen LogP contribution in [0.4, 0.5) is 5.69 Å². The summed E-state index contributed by atoms with van der Waals surface area (Å²) in [5, 5.41) is 7.39. The quantitative estimate of drug-likeness (QED) is 0.363. The van der Waals surface area contributed by atoms with E-state index in [-0.39, 0.29) is 5.91 Å². The Bertz CT molecular complexity index is 1420. The summed E-state index contributed by atoms with van der Waals surface area (Å²) in [6, 6.07) is 22.0. The van der Waals surface area contributed by atoms with Gasteiger partial charge < -0.3 is 19.3 Å². The normalized spacial score (nSPS) is 14.8. The van der Waals surface area contributed by atoms with Crippen molar-refractivity contribution < 1.29 is 18.8 Å². The van der Waals surface area contributed by atoms with E-state index in [1.165, 1.54) is 22.3 Å². The van der Waals surface area contributed by atoms with Gasteiger partial charge in [-0.3, -0.25) is 4.79 Å². The smallest absolute Gasteiger partial charge is 0.236 e. The Kier molecular flexibility index (Phi) is 4.69. The minimum atomic E-state index is -0.652. The predicted octanol–water partition coefficient (Wildman–Crippen LogP) is 5.60. The van der Waals surface area contributed by atoms with Crippen molar-refractivity contribution in [2.24, 2.45) is 0 Å². The van der Waals surface area contributed by atoms with Gasteiger partial charge in [0.05, 0.1) is 25.3 Å². The van der Waals surface area contributed by atoms with Crippen molar-refractivity contribution in [3.05, 3.63) is 83.6 Å². The molecule has 34 heavy (non-hydrogen) atoms. The summed E-state index contributed by atoms with van der Waals surface area (Å²) in [5.41, 5.74) is 6.71. The number of aromatic nitrogens is 1. The molecule has 3 aromatic carbocycles. The van der Waals surface area contributed by atoms with E-state index < -0.39 is 5.41 Å². The summed E-state index contributed by atoms with van der Waals surface area (Å²) < 4.78 is 16.3. The zero-order valence-electron chi connectivity index (χ0n) is 19.1. The molecule has 2 aliphatic rings. The molecule has 6 heteroatoms. The molecule has 0 bridgehead atoms. The Morgan fingerprint density at radius 3 is 2.50 bits per heavy atom. The van der Waals surface area contributed by atoms with Crippen LogP contribution in [0.3, 0.4) is 0 Å². The monoisotopic (exact) mass is 452 g/mol. The zero-order valence-corrected chi connectivity index (χ0v) is 19.1. The molecule has 0 radical (unpaired) electrons. The third-order valence-corrected chi connectivity index (χ3v) is 6.90. The Morgan fingerprint density at radius 1 is 0.912 bits per heavy atom. The van der Waals surface area contributed by atoms with Gasteiger partial charge in [-0.1, -0.05) is 35.5 Å². The topological polar surface area (TPSA) is 73.6 Å². The van der Waals surface area contributed by atoms with Gasteiger partial charge in [0.1, 0.15) is 0 Å². The van der Waals surface area contributed by atoms with E-state index >= 15 is 0 Å². The van der Waals surface area contributed by atoms with Crippen LogP contribution >= 0.6 is 0 Å². The first kappa shape index (κ1) is 20.5. The van der Waals surface area contributed by atoms with Gasteiger partial charge in [-0.25, -0.2) is 0 Å². The molecular weight excluding hydrogens is 428 g/mol. The number of amides is 1. The number of fused-ring (bicyclic) bond motifs is 3. The molecule has 1 heterocycles. The summed E-state index contributed by atoms with van der Waals surface area (Å²) >= 11 is 0. The highest BCUT2D eigenvalue weighted by atomic mass is 16.5. The van der Waals surface area contributed by atoms with Crippen LogP contribution in [0.5, 0.6) is 11.5 Å². The van der Waals surface area contributed by atoms with Crippen LogP contribution in [0.25, 0.3) is 22.5 Å². The number of anilines is 1. The van der Waals surface area contributed by atoms with Crippen LogP contribution in [0.15, 0.2) is 71.3 Å². The van der Waals surface area contributed by atoms with E-state index in [2.05, 4.69) is 46.9 Å². The van der Waals surface area contributed by atoms with E-state index in [9.17, 15) is 4.79 Å². The van der Waals surface area contributed by atoms with Gasteiger partial charge in [0, 0.05) is 17.3 Å². The highest BCUT2D eigenvalue weighted by Gasteiger charge is 2.54. The number of rotatable bonds is 6. The Labute approximate surface area is 197 Å². The van der Waals surface area contributed by atoms with E-state index in [1.54, 1.807) is 14.2 Å². The maximum atomic E-state index is 13.3. The van der Waals surface area contributed by atoms with Crippen LogP contribution in [0, 0.1) is 0 Å². The van der Waals surface area contributed by atoms with Crippen molar-refractivity contribution in [1.82, 2.24) is 5.16 Å². The number of methoxy groups -OCH3 is 2. The van der Waals surface area contributed by atoms with E-state index in [1.807, 2.05) is 30.3 Å². The molecule has 1 fully saturated rings. The molecule has 170 valence electrons. The van der Waals surface area contributed by atoms with Crippen LogP contribution in [-0.4, -0.2) is 25.3 Å². The average Bonchev–Trinajstić information content (AvgIpc) is 3.38. The molecule has 1 aromatic heterocycles. The lowest BCUT2D eigenvalue weighted by molar-refractivity contribution is -0.118. The molecule has 1 saturated carbocycles. The number of nitrogens with one attached hydrogen (secondary N) is 1. The SMILES string of the molecule is COc1ccc(-c2cc(C3(C(=O)Nc4ccc5c(c4)Cc4ccccc4-5)CC3)no2)cc1OC. The lowest BCUT2D eigenvalue weighted by Gasteiger charge is -2.13. The highest BCUT2D eigenvalue weighted by molar-refractivity contribution is 6.01. The molecule has 0 unspecified atom stereocenters. The molecule has 6 nitrogen and oxygen atoms in total. The van der Waals surface area contributed by atoms with Crippen molar-refractivity contribution in [2.75, 3.05) is 19.5 Å². The molecule has 4 aromatic rings. The number of ether oxygens (including phenoxy) is 2. The second kappa shape index (κ2) is 7.76. The van der Waals surface area contributed by atoms with Gasteiger partial charge in [-0.05, 0) is 71.8 Å². The first-order valence-electron chi connectivity index (χ1n) is 11.3. The molecule has 1 N–H and O–H groups in total. The van der Waals surface area contributed by atoms with Crippen LogP contribution < -0.4 is 14.8 Å². The van der Waals surface area contributed by atoms with Gasteiger partial charge in [0.15, 0.2) is 17.3 Å². The summed E-state index contributed by atoms with van der Waals surface area (Å²) in [5.74, 6) is 1.79. The lowest BCUT2D eigenvalue weighted by atomic mass is 9.99. The Balaban J connectivity index is 1.22. The molecule has 2 aliphatic carbocycles. The van der Waals surface area contributed by atoms with E-state index in [4.69, 9.17) is 14.0 Å². The Morgan fingerprint density at radius 2 is 1.71 bits per heavy atom. The van der Waals surface area contributed by atoms with Gasteiger partial charge in [-0.2, -0.15) is 0 Å². The first-order chi connectivity index (χ1) is 16.6. The zero-order chi connectivity index (χ0) is 23.3. The summed E-state index contributed by atoms with van der Waals surface area (Å²) in [7, 11) is 3.19. The fourth-order valence-electron chi connectivity index (χ4n) is 4.82. The third kappa shape index (κ3) is 3.25. The summed E-state index contributed by atoms with van der Waals surface area (Å²) in [6.07, 6.45) is 2.37. The van der Waals surface area contributed by atoms with Gasteiger partial charge in [0.2, 0.25) is 5.91 Å². The number of nitrogens with zero attached hydrogens (tertiary/aromatic N) is 1. The number of hydrogen-bond acceptors (Lipinski definition) is 5. The van der Waals surface area contributed by atoms with Crippen molar-refractivity contribution in [3.8, 4) is 33.9 Å². The van der Waals surface area contributed by atoms with Crippen LogP contribution in [0.1, 0.15) is 29.7 Å². The second-order valence-corrected chi connectivity index (χ2v) is 8.89. The van der Waals surface area contributed by atoms with Gasteiger partial charge in [-0.15, -0.1) is 0 Å². The van der Waals surface area contributed by atoms with Crippen LogP contribution in [-0.2, 0) is 16.6 Å². The van der Waals surface area contributed by atoms with E-state index in [0.717, 1.165) is 30.5 Å². The average molecular weight is 453 g/mol. The molecule has 0 spiro atoms. The van der Waals surface area contributed by atoms with Gasteiger partial charge >= 0.3 is 0 Å².